The van der Waals surface area contributed by atoms with Crippen LogP contribution in [0.3, 0.4) is 0 Å². The molecule has 0 atom stereocenters. The highest BCUT2D eigenvalue weighted by Crippen LogP contribution is 2.40. The van der Waals surface area contributed by atoms with Gasteiger partial charge in [-0.3, -0.25) is 10.1 Å². The van der Waals surface area contributed by atoms with E-state index in [4.69, 9.17) is 16.3 Å². The van der Waals surface area contributed by atoms with Crippen LogP contribution < -0.4 is 0 Å². The smallest absolute Gasteiger partial charge is 0.363 e. The predicted octanol–water partition coefficient (Wildman–Crippen LogP) is 5.89. The van der Waals surface area contributed by atoms with Crippen LogP contribution in [0.4, 0.5) is 5.69 Å². The summed E-state index contributed by atoms with van der Waals surface area (Å²) >= 11 is 6.15. The van der Waals surface area contributed by atoms with E-state index in [0.717, 1.165) is 11.1 Å². The van der Waals surface area contributed by atoms with Crippen molar-refractivity contribution in [1.29, 1.82) is 0 Å². The van der Waals surface area contributed by atoms with E-state index in [1.54, 1.807) is 6.08 Å². The second-order valence-corrected chi connectivity index (χ2v) is 10.1. The standard InChI is InChI=1S/C24H25ClN2O5/c1-23(2,3)16-9-13(10-17(20(16)28)24(4,5)6)11-19-22(29)32-21(26-19)15-12-14(27(30)31)7-8-18(15)25/h7-12,28H,1-6H3/b19-11-. The Morgan fingerprint density at radius 1 is 1.06 bits per heavy atom. The van der Waals surface area contributed by atoms with E-state index in [-0.39, 0.29) is 44.4 Å². The Labute approximate surface area is 191 Å². The Morgan fingerprint density at radius 3 is 2.12 bits per heavy atom. The molecule has 1 aliphatic rings. The van der Waals surface area contributed by atoms with Gasteiger partial charge >= 0.3 is 5.97 Å². The lowest BCUT2D eigenvalue weighted by Crippen LogP contribution is -2.17. The molecule has 1 aliphatic heterocycles. The summed E-state index contributed by atoms with van der Waals surface area (Å²) in [6.45, 7) is 12.0. The van der Waals surface area contributed by atoms with Crippen LogP contribution in [0.25, 0.3) is 6.08 Å². The number of ether oxygens (including phenoxy) is 1. The van der Waals surface area contributed by atoms with Gasteiger partial charge in [0.05, 0.1) is 15.5 Å². The number of esters is 1. The number of hydrogen-bond acceptors (Lipinski definition) is 6. The molecule has 32 heavy (non-hydrogen) atoms. The number of rotatable bonds is 3. The number of nitro groups is 1. The van der Waals surface area contributed by atoms with Crippen LogP contribution in [0.2, 0.25) is 5.02 Å². The van der Waals surface area contributed by atoms with Crippen molar-refractivity contribution in [3.05, 3.63) is 73.4 Å². The van der Waals surface area contributed by atoms with Gasteiger partial charge in [-0.2, -0.15) is 0 Å². The lowest BCUT2D eigenvalue weighted by atomic mass is 9.78. The number of phenols is 1. The molecular weight excluding hydrogens is 432 g/mol. The maximum absolute atomic E-state index is 12.5. The van der Waals surface area contributed by atoms with Gasteiger partial charge in [0.15, 0.2) is 5.70 Å². The van der Waals surface area contributed by atoms with Gasteiger partial charge in [-0.1, -0.05) is 53.1 Å². The summed E-state index contributed by atoms with van der Waals surface area (Å²) in [6, 6.07) is 7.47. The van der Waals surface area contributed by atoms with Crippen LogP contribution in [0.15, 0.2) is 41.0 Å². The van der Waals surface area contributed by atoms with E-state index in [1.807, 2.05) is 53.7 Å². The second-order valence-electron chi connectivity index (χ2n) is 9.72. The molecule has 0 aliphatic carbocycles. The van der Waals surface area contributed by atoms with Crippen molar-refractivity contribution in [3.63, 3.8) is 0 Å². The second kappa shape index (κ2) is 8.06. The third-order valence-corrected chi connectivity index (χ3v) is 5.39. The number of carbonyl (C=O) groups is 1. The maximum Gasteiger partial charge on any atom is 0.363 e. The topological polar surface area (TPSA) is 102 Å². The monoisotopic (exact) mass is 456 g/mol. The van der Waals surface area contributed by atoms with E-state index in [0.29, 0.717) is 5.56 Å². The number of non-ortho nitro benzene ring substituents is 1. The summed E-state index contributed by atoms with van der Waals surface area (Å²) in [5.41, 5.74) is 1.51. The number of phenolic OH excluding ortho intramolecular Hbond substituents is 1. The largest absolute Gasteiger partial charge is 0.507 e. The van der Waals surface area contributed by atoms with Crippen molar-refractivity contribution in [2.45, 2.75) is 52.4 Å². The predicted molar refractivity (Wildman–Crippen MR) is 124 cm³/mol. The van der Waals surface area contributed by atoms with Gasteiger partial charge in [-0.15, -0.1) is 0 Å². The third kappa shape index (κ3) is 4.67. The molecule has 168 valence electrons. The Kier molecular flexibility index (Phi) is 5.91. The zero-order valence-electron chi connectivity index (χ0n) is 18.8. The number of nitrogens with zero attached hydrogens (tertiary/aromatic N) is 2. The maximum atomic E-state index is 12.5. The molecule has 0 saturated carbocycles. The van der Waals surface area contributed by atoms with E-state index < -0.39 is 10.9 Å². The van der Waals surface area contributed by atoms with Crippen LogP contribution in [0.5, 0.6) is 5.75 Å². The molecule has 0 amide bonds. The Hall–Kier alpha value is -3.19. The van der Waals surface area contributed by atoms with E-state index in [2.05, 4.69) is 4.99 Å². The molecule has 0 fully saturated rings. The van der Waals surface area contributed by atoms with Gasteiger partial charge in [-0.05, 0) is 40.7 Å². The number of cyclic esters (lactones) is 1. The number of carbonyl (C=O) groups excluding carboxylic acids is 1. The molecule has 0 unspecified atom stereocenters. The normalized spacial score (nSPS) is 15.7. The minimum atomic E-state index is -0.690. The highest BCUT2D eigenvalue weighted by molar-refractivity contribution is 6.34. The van der Waals surface area contributed by atoms with Crippen LogP contribution >= 0.6 is 11.6 Å². The molecule has 0 bridgehead atoms. The summed E-state index contributed by atoms with van der Waals surface area (Å²) in [4.78, 5) is 27.3. The molecule has 3 rings (SSSR count). The van der Waals surface area contributed by atoms with Crippen molar-refractivity contribution in [3.8, 4) is 5.75 Å². The van der Waals surface area contributed by atoms with Crippen molar-refractivity contribution in [1.82, 2.24) is 0 Å². The van der Waals surface area contributed by atoms with Crippen LogP contribution in [0, 0.1) is 10.1 Å². The summed E-state index contributed by atoms with van der Waals surface area (Å²) in [7, 11) is 0. The van der Waals surface area contributed by atoms with Crippen LogP contribution in [-0.4, -0.2) is 21.9 Å². The summed E-state index contributed by atoms with van der Waals surface area (Å²) in [5.74, 6) is -0.556. The number of benzene rings is 2. The number of nitro benzene ring substituents is 1. The number of aromatic hydroxyl groups is 1. The summed E-state index contributed by atoms with van der Waals surface area (Å²) < 4.78 is 5.25. The summed E-state index contributed by atoms with van der Waals surface area (Å²) in [5, 5.41) is 22.1. The molecule has 0 radical (unpaired) electrons. The Balaban J connectivity index is 2.13. The van der Waals surface area contributed by atoms with Crippen molar-refractivity contribution in [2.75, 3.05) is 0 Å². The minimum absolute atomic E-state index is 0.0352. The number of aliphatic imine (C=N–C) groups is 1. The first kappa shape index (κ1) is 23.5. The molecule has 1 N–H and O–H groups in total. The van der Waals surface area contributed by atoms with Crippen molar-refractivity contribution >= 4 is 35.2 Å². The van der Waals surface area contributed by atoms with E-state index >= 15 is 0 Å². The van der Waals surface area contributed by atoms with Gasteiger partial charge in [-0.25, -0.2) is 9.79 Å². The molecule has 2 aromatic rings. The quantitative estimate of drug-likeness (QED) is 0.268. The molecule has 0 saturated heterocycles. The fourth-order valence-electron chi connectivity index (χ4n) is 3.36. The van der Waals surface area contributed by atoms with E-state index in [1.165, 1.54) is 18.2 Å². The highest BCUT2D eigenvalue weighted by Gasteiger charge is 2.29. The van der Waals surface area contributed by atoms with Gasteiger partial charge in [0.25, 0.3) is 5.69 Å². The molecule has 0 spiro atoms. The van der Waals surface area contributed by atoms with Crippen LogP contribution in [0.1, 0.15) is 63.8 Å². The molecule has 1 heterocycles. The zero-order chi connectivity index (χ0) is 24.0. The van der Waals surface area contributed by atoms with Gasteiger partial charge in [0.1, 0.15) is 5.75 Å². The lowest BCUT2D eigenvalue weighted by Gasteiger charge is -2.27. The fourth-order valence-corrected chi connectivity index (χ4v) is 3.55. The van der Waals surface area contributed by atoms with Gasteiger partial charge in [0.2, 0.25) is 5.90 Å². The molecule has 2 aromatic carbocycles. The molecule has 7 nitrogen and oxygen atoms in total. The fraction of sp³-hybridized carbons (Fsp3) is 0.333. The average Bonchev–Trinajstić information content (AvgIpc) is 3.01. The van der Waals surface area contributed by atoms with Gasteiger partial charge < -0.3 is 9.84 Å². The summed E-state index contributed by atoms with van der Waals surface area (Å²) in [6.07, 6.45) is 1.57. The average molecular weight is 457 g/mol. The first-order chi connectivity index (χ1) is 14.7. The van der Waals surface area contributed by atoms with Crippen molar-refractivity contribution in [2.24, 2.45) is 4.99 Å². The Bertz CT molecular complexity index is 1150. The molecular formula is C24H25ClN2O5. The first-order valence-electron chi connectivity index (χ1n) is 10.0. The SMILES string of the molecule is CC(C)(C)c1cc(/C=C2\N=C(c3cc([N+](=O)[O-])ccc3Cl)OC2=O)cc(C(C)(C)C)c1O. The molecule has 0 aromatic heterocycles. The minimum Gasteiger partial charge on any atom is -0.507 e. The van der Waals surface area contributed by atoms with Gasteiger partial charge in [0, 0.05) is 23.3 Å². The van der Waals surface area contributed by atoms with E-state index in [9.17, 15) is 20.0 Å². The molecule has 8 heteroatoms. The third-order valence-electron chi connectivity index (χ3n) is 5.06. The first-order valence-corrected chi connectivity index (χ1v) is 10.4. The van der Waals surface area contributed by atoms with Crippen LogP contribution in [-0.2, 0) is 20.4 Å². The number of hydrogen-bond donors (Lipinski definition) is 1. The Morgan fingerprint density at radius 2 is 1.62 bits per heavy atom. The highest BCUT2D eigenvalue weighted by atomic mass is 35.5. The number of halogens is 1. The van der Waals surface area contributed by atoms with Crippen molar-refractivity contribution < 1.29 is 19.6 Å². The lowest BCUT2D eigenvalue weighted by molar-refractivity contribution is -0.384. The zero-order valence-corrected chi connectivity index (χ0v) is 19.6.